The summed E-state index contributed by atoms with van der Waals surface area (Å²) in [7, 11) is 0. The first-order valence-electron chi connectivity index (χ1n) is 6.98. The van der Waals surface area contributed by atoms with Crippen molar-refractivity contribution >= 4 is 11.6 Å². The van der Waals surface area contributed by atoms with Crippen LogP contribution in [0.15, 0.2) is 36.7 Å². The molecule has 0 unspecified atom stereocenters. The summed E-state index contributed by atoms with van der Waals surface area (Å²) >= 11 is 0. The van der Waals surface area contributed by atoms with Crippen molar-refractivity contribution in [1.82, 2.24) is 4.98 Å². The smallest absolute Gasteiger partial charge is 0.227 e. The van der Waals surface area contributed by atoms with Gasteiger partial charge in [-0.05, 0) is 55.2 Å². The van der Waals surface area contributed by atoms with Crippen molar-refractivity contribution in [2.75, 3.05) is 11.4 Å². The highest BCUT2D eigenvalue weighted by Gasteiger charge is 2.22. The number of rotatable bonds is 2. The lowest BCUT2D eigenvalue weighted by molar-refractivity contribution is -0.117. The molecule has 3 heteroatoms. The van der Waals surface area contributed by atoms with Crippen molar-refractivity contribution in [3.8, 4) is 11.1 Å². The van der Waals surface area contributed by atoms with Gasteiger partial charge in [-0.2, -0.15) is 0 Å². The maximum Gasteiger partial charge on any atom is 0.227 e. The summed E-state index contributed by atoms with van der Waals surface area (Å²) < 4.78 is 0. The molecule has 0 bridgehead atoms. The molecule has 2 aromatic rings. The Bertz CT molecular complexity index is 664. The molecule has 102 valence electrons. The van der Waals surface area contributed by atoms with Crippen LogP contribution in [0.1, 0.15) is 24.0 Å². The molecule has 20 heavy (non-hydrogen) atoms. The van der Waals surface area contributed by atoms with Crippen molar-refractivity contribution in [2.45, 2.75) is 26.7 Å². The zero-order valence-corrected chi connectivity index (χ0v) is 11.9. The van der Waals surface area contributed by atoms with E-state index in [1.165, 1.54) is 0 Å². The number of hydrogen-bond acceptors (Lipinski definition) is 2. The third kappa shape index (κ3) is 2.31. The number of nitrogens with zero attached hydrogens (tertiary/aromatic N) is 2. The molecule has 2 heterocycles. The van der Waals surface area contributed by atoms with E-state index >= 15 is 0 Å². The average Bonchev–Trinajstić information content (AvgIpc) is 2.85. The summed E-state index contributed by atoms with van der Waals surface area (Å²) in [4.78, 5) is 18.0. The molecule has 1 aliphatic heterocycles. The van der Waals surface area contributed by atoms with Gasteiger partial charge in [-0.1, -0.05) is 6.07 Å². The largest absolute Gasteiger partial charge is 0.312 e. The van der Waals surface area contributed by atoms with Crippen LogP contribution in [0.5, 0.6) is 0 Å². The SMILES string of the molecule is Cc1cncc(-c2ccc(N3CCCC3=O)c(C)c2)c1. The Morgan fingerprint density at radius 1 is 1.10 bits per heavy atom. The summed E-state index contributed by atoms with van der Waals surface area (Å²) in [6.45, 7) is 4.94. The van der Waals surface area contributed by atoms with Crippen molar-refractivity contribution in [1.29, 1.82) is 0 Å². The molecule has 0 spiro atoms. The number of anilines is 1. The van der Waals surface area contributed by atoms with Gasteiger partial charge in [-0.25, -0.2) is 0 Å². The molecule has 3 nitrogen and oxygen atoms in total. The third-order valence-corrected chi connectivity index (χ3v) is 3.77. The molecule has 1 saturated heterocycles. The maximum absolute atomic E-state index is 11.8. The first-order valence-corrected chi connectivity index (χ1v) is 6.98. The van der Waals surface area contributed by atoms with Crippen LogP contribution in [0, 0.1) is 13.8 Å². The van der Waals surface area contributed by atoms with Crippen LogP contribution < -0.4 is 4.90 Å². The molecule has 0 aliphatic carbocycles. The predicted molar refractivity (Wildman–Crippen MR) is 80.7 cm³/mol. The fourth-order valence-corrected chi connectivity index (χ4v) is 2.75. The van der Waals surface area contributed by atoms with Gasteiger partial charge in [0.25, 0.3) is 0 Å². The first-order chi connectivity index (χ1) is 9.65. The lowest BCUT2D eigenvalue weighted by atomic mass is 10.0. The van der Waals surface area contributed by atoms with Crippen molar-refractivity contribution in [2.24, 2.45) is 0 Å². The second-order valence-electron chi connectivity index (χ2n) is 5.40. The van der Waals surface area contributed by atoms with E-state index in [4.69, 9.17) is 0 Å². The monoisotopic (exact) mass is 266 g/mol. The number of hydrogen-bond donors (Lipinski definition) is 0. The van der Waals surface area contributed by atoms with E-state index in [-0.39, 0.29) is 5.91 Å². The standard InChI is InChI=1S/C17H18N2O/c1-12-8-15(11-18-10-12)14-5-6-16(13(2)9-14)19-7-3-4-17(19)20/h5-6,8-11H,3-4,7H2,1-2H3. The molecule has 0 saturated carbocycles. The topological polar surface area (TPSA) is 33.2 Å². The van der Waals surface area contributed by atoms with Gasteiger partial charge in [0, 0.05) is 36.6 Å². The van der Waals surface area contributed by atoms with Gasteiger partial charge >= 0.3 is 0 Å². The number of carbonyl (C=O) groups excluding carboxylic acids is 1. The Morgan fingerprint density at radius 3 is 2.60 bits per heavy atom. The number of aryl methyl sites for hydroxylation is 2. The van der Waals surface area contributed by atoms with Crippen LogP contribution in [0.3, 0.4) is 0 Å². The van der Waals surface area contributed by atoms with Crippen LogP contribution >= 0.6 is 0 Å². The molecule has 0 N–H and O–H groups in total. The maximum atomic E-state index is 11.8. The van der Waals surface area contributed by atoms with Gasteiger partial charge in [0.1, 0.15) is 0 Å². The molecular formula is C17H18N2O. The Labute approximate surface area is 119 Å². The normalized spacial score (nSPS) is 14.9. The number of aromatic nitrogens is 1. The van der Waals surface area contributed by atoms with E-state index in [0.717, 1.165) is 40.9 Å². The number of carbonyl (C=O) groups is 1. The van der Waals surface area contributed by atoms with E-state index in [1.54, 1.807) is 0 Å². The molecule has 1 aromatic heterocycles. The summed E-state index contributed by atoms with van der Waals surface area (Å²) in [5, 5.41) is 0. The molecule has 1 fully saturated rings. The Hall–Kier alpha value is -2.16. The van der Waals surface area contributed by atoms with Gasteiger partial charge in [-0.15, -0.1) is 0 Å². The fraction of sp³-hybridized carbons (Fsp3) is 0.294. The molecule has 1 amide bonds. The quantitative estimate of drug-likeness (QED) is 0.833. The zero-order valence-electron chi connectivity index (χ0n) is 11.9. The van der Waals surface area contributed by atoms with E-state index in [0.29, 0.717) is 6.42 Å². The second-order valence-corrected chi connectivity index (χ2v) is 5.40. The number of pyridine rings is 1. The van der Waals surface area contributed by atoms with E-state index in [2.05, 4.69) is 36.2 Å². The van der Waals surface area contributed by atoms with Crippen LogP contribution in [-0.2, 0) is 4.79 Å². The Kier molecular flexibility index (Phi) is 3.26. The molecule has 1 aromatic carbocycles. The lowest BCUT2D eigenvalue weighted by Crippen LogP contribution is -2.24. The Morgan fingerprint density at radius 2 is 1.95 bits per heavy atom. The van der Waals surface area contributed by atoms with E-state index in [9.17, 15) is 4.79 Å². The third-order valence-electron chi connectivity index (χ3n) is 3.77. The molecular weight excluding hydrogens is 248 g/mol. The van der Waals surface area contributed by atoms with E-state index in [1.807, 2.05) is 24.2 Å². The van der Waals surface area contributed by atoms with Crippen molar-refractivity contribution < 1.29 is 4.79 Å². The summed E-state index contributed by atoms with van der Waals surface area (Å²) in [5.74, 6) is 0.234. The van der Waals surface area contributed by atoms with Gasteiger partial charge in [0.15, 0.2) is 0 Å². The Balaban J connectivity index is 1.97. The summed E-state index contributed by atoms with van der Waals surface area (Å²) in [6, 6.07) is 8.39. The fourth-order valence-electron chi connectivity index (χ4n) is 2.75. The zero-order chi connectivity index (χ0) is 14.1. The van der Waals surface area contributed by atoms with Crippen LogP contribution in [0.2, 0.25) is 0 Å². The highest BCUT2D eigenvalue weighted by Crippen LogP contribution is 2.29. The molecule has 1 aliphatic rings. The highest BCUT2D eigenvalue weighted by molar-refractivity contribution is 5.96. The van der Waals surface area contributed by atoms with Crippen LogP contribution in [-0.4, -0.2) is 17.4 Å². The van der Waals surface area contributed by atoms with Crippen molar-refractivity contribution in [3.63, 3.8) is 0 Å². The van der Waals surface area contributed by atoms with Crippen LogP contribution in [0.4, 0.5) is 5.69 Å². The summed E-state index contributed by atoms with van der Waals surface area (Å²) in [6.07, 6.45) is 5.36. The van der Waals surface area contributed by atoms with E-state index < -0.39 is 0 Å². The van der Waals surface area contributed by atoms with Gasteiger partial charge in [0.2, 0.25) is 5.91 Å². The minimum atomic E-state index is 0.234. The van der Waals surface area contributed by atoms with Gasteiger partial charge in [0.05, 0.1) is 0 Å². The van der Waals surface area contributed by atoms with Crippen molar-refractivity contribution in [3.05, 3.63) is 47.8 Å². The summed E-state index contributed by atoms with van der Waals surface area (Å²) in [5.41, 5.74) is 5.59. The number of benzene rings is 1. The highest BCUT2D eigenvalue weighted by atomic mass is 16.2. The lowest BCUT2D eigenvalue weighted by Gasteiger charge is -2.19. The van der Waals surface area contributed by atoms with Gasteiger partial charge in [-0.3, -0.25) is 9.78 Å². The van der Waals surface area contributed by atoms with Gasteiger partial charge < -0.3 is 4.90 Å². The van der Waals surface area contributed by atoms with Crippen LogP contribution in [0.25, 0.3) is 11.1 Å². The molecule has 0 radical (unpaired) electrons. The minimum Gasteiger partial charge on any atom is -0.312 e. The minimum absolute atomic E-state index is 0.234. The molecule has 3 rings (SSSR count). The number of amides is 1. The second kappa shape index (κ2) is 5.08. The average molecular weight is 266 g/mol. The predicted octanol–water partition coefficient (Wildman–Crippen LogP) is 3.49. The first kappa shape index (κ1) is 12.9. The molecule has 0 atom stereocenters.